The molecule has 1 aliphatic carbocycles. The fraction of sp³-hybridized carbons (Fsp3) is 0.933. The van der Waals surface area contributed by atoms with E-state index in [1.54, 1.807) is 0 Å². The Labute approximate surface area is 116 Å². The van der Waals surface area contributed by atoms with E-state index >= 15 is 0 Å². The van der Waals surface area contributed by atoms with Gasteiger partial charge in [0, 0.05) is 24.9 Å². The van der Waals surface area contributed by atoms with Crippen LogP contribution in [0.25, 0.3) is 0 Å². The number of hydrogen-bond acceptors (Lipinski definition) is 1. The average molecular weight is 272 g/mol. The van der Waals surface area contributed by atoms with E-state index in [0.717, 1.165) is 50.6 Å². The van der Waals surface area contributed by atoms with E-state index in [0.29, 0.717) is 17.7 Å². The van der Waals surface area contributed by atoms with Gasteiger partial charge in [-0.15, -0.1) is 11.6 Å². The lowest BCUT2D eigenvalue weighted by Crippen LogP contribution is -2.43. The smallest absolute Gasteiger partial charge is 0.225 e. The van der Waals surface area contributed by atoms with Crippen molar-refractivity contribution in [3.05, 3.63) is 0 Å². The van der Waals surface area contributed by atoms with Crippen LogP contribution in [0.4, 0.5) is 0 Å². The molecule has 1 saturated carbocycles. The standard InChI is InChI=1S/C15H26ClNO/c1-12-4-6-14(7-5-12)15(18)17-10-2-3-13(11-17)8-9-16/h12-14H,2-11H2,1H3. The molecule has 104 valence electrons. The number of piperidine rings is 1. The number of alkyl halides is 1. The molecule has 0 bridgehead atoms. The van der Waals surface area contributed by atoms with Crippen LogP contribution in [0.3, 0.4) is 0 Å². The van der Waals surface area contributed by atoms with Crippen LogP contribution in [-0.2, 0) is 4.79 Å². The highest BCUT2D eigenvalue weighted by Crippen LogP contribution is 2.31. The van der Waals surface area contributed by atoms with Crippen LogP contribution in [0.15, 0.2) is 0 Å². The van der Waals surface area contributed by atoms with E-state index in [4.69, 9.17) is 11.6 Å². The van der Waals surface area contributed by atoms with Crippen LogP contribution in [0.5, 0.6) is 0 Å². The van der Waals surface area contributed by atoms with Crippen molar-refractivity contribution in [1.82, 2.24) is 4.90 Å². The lowest BCUT2D eigenvalue weighted by atomic mass is 9.82. The summed E-state index contributed by atoms with van der Waals surface area (Å²) in [6.07, 6.45) is 8.15. The number of hydrogen-bond donors (Lipinski definition) is 0. The van der Waals surface area contributed by atoms with Gasteiger partial charge in [0.2, 0.25) is 5.91 Å². The predicted molar refractivity (Wildman–Crippen MR) is 75.8 cm³/mol. The quantitative estimate of drug-likeness (QED) is 0.717. The first kappa shape index (κ1) is 14.2. The SMILES string of the molecule is CC1CCC(C(=O)N2CCCC(CCCl)C2)CC1. The second kappa shape index (κ2) is 6.79. The second-order valence-corrected chi connectivity index (χ2v) is 6.60. The van der Waals surface area contributed by atoms with Crippen LogP contribution in [0, 0.1) is 17.8 Å². The maximum absolute atomic E-state index is 12.5. The summed E-state index contributed by atoms with van der Waals surface area (Å²) in [6, 6.07) is 0. The number of amides is 1. The van der Waals surface area contributed by atoms with Crippen molar-refractivity contribution < 1.29 is 4.79 Å². The Morgan fingerprint density at radius 1 is 1.22 bits per heavy atom. The summed E-state index contributed by atoms with van der Waals surface area (Å²) in [6.45, 7) is 4.24. The molecule has 1 saturated heterocycles. The minimum absolute atomic E-state index is 0.316. The molecule has 0 radical (unpaired) electrons. The van der Waals surface area contributed by atoms with Gasteiger partial charge in [-0.1, -0.05) is 6.92 Å². The summed E-state index contributed by atoms with van der Waals surface area (Å²) < 4.78 is 0. The summed E-state index contributed by atoms with van der Waals surface area (Å²) in [5.41, 5.74) is 0. The topological polar surface area (TPSA) is 20.3 Å². The van der Waals surface area contributed by atoms with Gasteiger partial charge in [-0.25, -0.2) is 0 Å². The van der Waals surface area contributed by atoms with Crippen LogP contribution >= 0.6 is 11.6 Å². The Hall–Kier alpha value is -0.240. The summed E-state index contributed by atoms with van der Waals surface area (Å²) >= 11 is 5.82. The third-order valence-corrected chi connectivity index (χ3v) is 4.93. The Morgan fingerprint density at radius 2 is 1.94 bits per heavy atom. The van der Waals surface area contributed by atoms with E-state index in [1.165, 1.54) is 19.3 Å². The van der Waals surface area contributed by atoms with Gasteiger partial charge in [0.15, 0.2) is 0 Å². The van der Waals surface area contributed by atoms with Crippen molar-refractivity contribution in [1.29, 1.82) is 0 Å². The van der Waals surface area contributed by atoms with E-state index in [1.807, 2.05) is 0 Å². The van der Waals surface area contributed by atoms with Gasteiger partial charge in [0.25, 0.3) is 0 Å². The molecule has 1 heterocycles. The van der Waals surface area contributed by atoms with E-state index in [-0.39, 0.29) is 0 Å². The zero-order valence-corrected chi connectivity index (χ0v) is 12.3. The van der Waals surface area contributed by atoms with Gasteiger partial charge < -0.3 is 4.90 Å². The van der Waals surface area contributed by atoms with E-state index in [9.17, 15) is 4.79 Å². The van der Waals surface area contributed by atoms with E-state index in [2.05, 4.69) is 11.8 Å². The van der Waals surface area contributed by atoms with Crippen molar-refractivity contribution >= 4 is 17.5 Å². The maximum Gasteiger partial charge on any atom is 0.225 e. The predicted octanol–water partition coefficient (Wildman–Crippen LogP) is 3.68. The Balaban J connectivity index is 1.84. The first-order chi connectivity index (χ1) is 8.70. The lowest BCUT2D eigenvalue weighted by molar-refractivity contribution is -0.138. The van der Waals surface area contributed by atoms with Gasteiger partial charge in [-0.3, -0.25) is 4.79 Å². The Kier molecular flexibility index (Phi) is 5.35. The molecule has 18 heavy (non-hydrogen) atoms. The number of rotatable bonds is 3. The molecule has 2 rings (SSSR count). The molecular formula is C15H26ClNO. The van der Waals surface area contributed by atoms with Crippen molar-refractivity contribution in [3.63, 3.8) is 0 Å². The molecule has 0 N–H and O–H groups in total. The highest BCUT2D eigenvalue weighted by atomic mass is 35.5. The number of carbonyl (C=O) groups excluding carboxylic acids is 1. The molecule has 1 unspecified atom stereocenters. The fourth-order valence-corrected chi connectivity index (χ4v) is 3.73. The van der Waals surface area contributed by atoms with Gasteiger partial charge in [0.1, 0.15) is 0 Å². The first-order valence-corrected chi connectivity index (χ1v) is 8.09. The van der Waals surface area contributed by atoms with Gasteiger partial charge in [-0.2, -0.15) is 0 Å². The molecule has 0 spiro atoms. The average Bonchev–Trinajstić information content (AvgIpc) is 2.39. The van der Waals surface area contributed by atoms with Crippen molar-refractivity contribution in [2.75, 3.05) is 19.0 Å². The van der Waals surface area contributed by atoms with Gasteiger partial charge in [0.05, 0.1) is 0 Å². The van der Waals surface area contributed by atoms with Crippen molar-refractivity contribution in [3.8, 4) is 0 Å². The summed E-state index contributed by atoms with van der Waals surface area (Å²) in [7, 11) is 0. The number of likely N-dealkylation sites (tertiary alicyclic amines) is 1. The molecule has 0 aromatic rings. The Morgan fingerprint density at radius 3 is 2.61 bits per heavy atom. The molecule has 3 heteroatoms. The molecule has 1 aliphatic heterocycles. The number of nitrogens with zero attached hydrogens (tertiary/aromatic N) is 1. The zero-order chi connectivity index (χ0) is 13.0. The zero-order valence-electron chi connectivity index (χ0n) is 11.5. The van der Waals surface area contributed by atoms with Crippen molar-refractivity contribution in [2.24, 2.45) is 17.8 Å². The first-order valence-electron chi connectivity index (χ1n) is 7.55. The molecule has 2 fully saturated rings. The van der Waals surface area contributed by atoms with Gasteiger partial charge >= 0.3 is 0 Å². The minimum Gasteiger partial charge on any atom is -0.342 e. The monoisotopic (exact) mass is 271 g/mol. The maximum atomic E-state index is 12.5. The largest absolute Gasteiger partial charge is 0.342 e. The van der Waals surface area contributed by atoms with Gasteiger partial charge in [-0.05, 0) is 56.8 Å². The van der Waals surface area contributed by atoms with Crippen LogP contribution in [0.2, 0.25) is 0 Å². The fourth-order valence-electron chi connectivity index (χ4n) is 3.42. The minimum atomic E-state index is 0.316. The molecule has 2 aliphatic rings. The van der Waals surface area contributed by atoms with Crippen LogP contribution in [-0.4, -0.2) is 29.8 Å². The summed E-state index contributed by atoms with van der Waals surface area (Å²) in [4.78, 5) is 14.6. The lowest BCUT2D eigenvalue weighted by Gasteiger charge is -2.36. The highest BCUT2D eigenvalue weighted by molar-refractivity contribution is 6.17. The van der Waals surface area contributed by atoms with E-state index < -0.39 is 0 Å². The van der Waals surface area contributed by atoms with Crippen molar-refractivity contribution in [2.45, 2.75) is 51.9 Å². The molecule has 1 amide bonds. The Bertz CT molecular complexity index is 272. The normalized spacial score (nSPS) is 33.4. The molecule has 1 atom stereocenters. The molecular weight excluding hydrogens is 246 g/mol. The number of halogens is 1. The third kappa shape index (κ3) is 3.63. The highest BCUT2D eigenvalue weighted by Gasteiger charge is 2.30. The summed E-state index contributed by atoms with van der Waals surface area (Å²) in [5.74, 6) is 2.94. The third-order valence-electron chi connectivity index (χ3n) is 4.71. The summed E-state index contributed by atoms with van der Waals surface area (Å²) in [5, 5.41) is 0. The van der Waals surface area contributed by atoms with Crippen LogP contribution in [0.1, 0.15) is 51.9 Å². The molecule has 0 aromatic heterocycles. The van der Waals surface area contributed by atoms with Crippen LogP contribution < -0.4 is 0 Å². The number of carbonyl (C=O) groups is 1. The second-order valence-electron chi connectivity index (χ2n) is 6.23. The molecule has 0 aromatic carbocycles. The molecule has 2 nitrogen and oxygen atoms in total.